The standard InChI is InChI=1S/C8H28N4S4/c1-13(2)9-14(3,4)11-16(7,8)12-15(5,6)10-13/h9-12H,1-8H3. The Bertz CT molecular complexity index is 205. The molecule has 0 spiro atoms. The quantitative estimate of drug-likeness (QED) is 0.552. The normalized spacial score (nSPS) is 39.5. The molecule has 0 aromatic heterocycles. The van der Waals surface area contributed by atoms with Gasteiger partial charge in [0.2, 0.25) is 0 Å². The zero-order chi connectivity index (χ0) is 12.8. The fraction of sp³-hybridized carbons (Fsp3) is 1.00. The molecule has 0 atom stereocenters. The Balaban J connectivity index is 2.98. The SMILES string of the molecule is CS1(C)NS(C)(C)NS(C)(C)NS(C)(C)N1. The van der Waals surface area contributed by atoms with Gasteiger partial charge in [-0.25, -0.2) is 16.5 Å². The molecule has 16 heavy (non-hydrogen) atoms. The molecule has 0 unspecified atom stereocenters. The van der Waals surface area contributed by atoms with Gasteiger partial charge in [-0.2, -0.15) is 0 Å². The summed E-state index contributed by atoms with van der Waals surface area (Å²) in [6.45, 7) is 0. The maximum atomic E-state index is 3.79. The number of hydrogen-bond acceptors (Lipinski definition) is 4. The molecule has 0 saturated carbocycles. The molecular weight excluding hydrogens is 280 g/mol. The van der Waals surface area contributed by atoms with E-state index in [0.717, 1.165) is 0 Å². The molecule has 1 heterocycles. The molecule has 0 aromatic carbocycles. The van der Waals surface area contributed by atoms with Gasteiger partial charge >= 0.3 is 0 Å². The Kier molecular flexibility index (Phi) is 4.22. The van der Waals surface area contributed by atoms with Gasteiger partial charge in [0.1, 0.15) is 0 Å². The molecule has 0 aliphatic carbocycles. The highest BCUT2D eigenvalue weighted by atomic mass is 32.4. The van der Waals surface area contributed by atoms with Crippen LogP contribution in [0.4, 0.5) is 0 Å². The molecule has 0 bridgehead atoms. The van der Waals surface area contributed by atoms with Crippen molar-refractivity contribution in [2.45, 2.75) is 0 Å². The maximum Gasteiger partial charge on any atom is -0.00902 e. The maximum absolute atomic E-state index is 3.79. The van der Waals surface area contributed by atoms with E-state index in [2.05, 4.69) is 66.6 Å². The summed E-state index contributed by atoms with van der Waals surface area (Å²) < 4.78 is 15.2. The summed E-state index contributed by atoms with van der Waals surface area (Å²) in [5.74, 6) is 0. The van der Waals surface area contributed by atoms with Crippen molar-refractivity contribution in [3.8, 4) is 0 Å². The Morgan fingerprint density at radius 2 is 0.500 bits per heavy atom. The first-order chi connectivity index (χ1) is 6.83. The predicted octanol–water partition coefficient (Wildman–Crippen LogP) is 1.94. The highest BCUT2D eigenvalue weighted by molar-refractivity contribution is 8.57. The van der Waals surface area contributed by atoms with Gasteiger partial charge in [-0.15, -0.1) is 41.6 Å². The van der Waals surface area contributed by atoms with Crippen LogP contribution in [0.5, 0.6) is 0 Å². The van der Waals surface area contributed by atoms with Crippen LogP contribution in [-0.4, -0.2) is 50.0 Å². The summed E-state index contributed by atoms with van der Waals surface area (Å²) >= 11 is 0. The fourth-order valence-electron chi connectivity index (χ4n) is 2.15. The Hall–Kier alpha value is 1.24. The molecule has 1 rings (SSSR count). The van der Waals surface area contributed by atoms with Gasteiger partial charge in [0.15, 0.2) is 0 Å². The lowest BCUT2D eigenvalue weighted by atomic mass is 11.9. The van der Waals surface area contributed by atoms with E-state index in [9.17, 15) is 0 Å². The lowest BCUT2D eigenvalue weighted by Crippen LogP contribution is -2.48. The van der Waals surface area contributed by atoms with E-state index in [1.165, 1.54) is 0 Å². The second kappa shape index (κ2) is 4.41. The van der Waals surface area contributed by atoms with Crippen LogP contribution in [0.2, 0.25) is 0 Å². The summed E-state index contributed by atoms with van der Waals surface area (Å²) in [6.07, 6.45) is 18.3. The third kappa shape index (κ3) is 4.85. The van der Waals surface area contributed by atoms with Gasteiger partial charge in [0, 0.05) is 0 Å². The second-order valence-corrected chi connectivity index (χ2v) is 18.9. The van der Waals surface area contributed by atoms with Crippen LogP contribution in [0.3, 0.4) is 0 Å². The van der Waals surface area contributed by atoms with Gasteiger partial charge in [-0.1, -0.05) is 0 Å². The molecule has 0 amide bonds. The van der Waals surface area contributed by atoms with Crippen molar-refractivity contribution in [1.82, 2.24) is 16.5 Å². The van der Waals surface area contributed by atoms with E-state index in [-0.39, 0.29) is 0 Å². The Labute approximate surface area is 108 Å². The molecule has 1 fully saturated rings. The van der Waals surface area contributed by atoms with E-state index >= 15 is 0 Å². The smallest absolute Gasteiger partial charge is 0.00902 e. The first-order valence-corrected chi connectivity index (χ1v) is 14.7. The average molecular weight is 309 g/mol. The minimum Gasteiger partial charge on any atom is -0.219 e. The zero-order valence-corrected chi connectivity index (χ0v) is 14.9. The first-order valence-electron chi connectivity index (χ1n) is 4.90. The topological polar surface area (TPSA) is 48.1 Å². The molecule has 8 heteroatoms. The summed E-state index contributed by atoms with van der Waals surface area (Å²) in [4.78, 5) is 0. The Morgan fingerprint density at radius 3 is 0.625 bits per heavy atom. The van der Waals surface area contributed by atoms with Crippen LogP contribution >= 0.6 is 41.6 Å². The molecular formula is C8H28N4S4. The lowest BCUT2D eigenvalue weighted by molar-refractivity contribution is 1.35. The molecule has 0 radical (unpaired) electrons. The summed E-state index contributed by atoms with van der Waals surface area (Å²) in [5, 5.41) is 0. The van der Waals surface area contributed by atoms with E-state index in [0.29, 0.717) is 0 Å². The van der Waals surface area contributed by atoms with Gasteiger partial charge in [-0.05, 0) is 50.0 Å². The molecule has 1 saturated heterocycles. The molecule has 1 aliphatic heterocycles. The van der Waals surface area contributed by atoms with Crippen molar-refractivity contribution in [3.05, 3.63) is 0 Å². The van der Waals surface area contributed by atoms with Crippen LogP contribution in [0.1, 0.15) is 0 Å². The third-order valence-electron chi connectivity index (χ3n) is 1.67. The van der Waals surface area contributed by atoms with Gasteiger partial charge in [0.25, 0.3) is 0 Å². The highest BCUT2D eigenvalue weighted by Crippen LogP contribution is 2.59. The van der Waals surface area contributed by atoms with Gasteiger partial charge in [-0.3, -0.25) is 0 Å². The molecule has 1 aliphatic rings. The summed E-state index contributed by atoms with van der Waals surface area (Å²) in [5.41, 5.74) is 0. The van der Waals surface area contributed by atoms with Crippen molar-refractivity contribution in [2.75, 3.05) is 50.0 Å². The predicted molar refractivity (Wildman–Crippen MR) is 90.3 cm³/mol. The van der Waals surface area contributed by atoms with Crippen LogP contribution in [-0.2, 0) is 0 Å². The van der Waals surface area contributed by atoms with Crippen molar-refractivity contribution in [1.29, 1.82) is 0 Å². The van der Waals surface area contributed by atoms with Gasteiger partial charge < -0.3 is 0 Å². The first kappa shape index (κ1) is 15.3. The van der Waals surface area contributed by atoms with Crippen LogP contribution in [0, 0.1) is 0 Å². The molecule has 4 nitrogen and oxygen atoms in total. The van der Waals surface area contributed by atoms with E-state index in [1.807, 2.05) is 0 Å². The second-order valence-electron chi connectivity index (χ2n) is 5.64. The van der Waals surface area contributed by atoms with E-state index in [4.69, 9.17) is 0 Å². The van der Waals surface area contributed by atoms with Crippen molar-refractivity contribution in [3.63, 3.8) is 0 Å². The molecule has 104 valence electrons. The zero-order valence-electron chi connectivity index (χ0n) is 11.6. The minimum absolute atomic E-state index is 0.946. The third-order valence-corrected chi connectivity index (χ3v) is 15.0. The number of nitrogens with one attached hydrogen (secondary N) is 4. The van der Waals surface area contributed by atoms with E-state index in [1.54, 1.807) is 0 Å². The largest absolute Gasteiger partial charge is 0.219 e. The highest BCUT2D eigenvalue weighted by Gasteiger charge is 2.33. The van der Waals surface area contributed by atoms with Crippen molar-refractivity contribution in [2.24, 2.45) is 0 Å². The van der Waals surface area contributed by atoms with Crippen molar-refractivity contribution >= 4 is 41.6 Å². The lowest BCUT2D eigenvalue weighted by Gasteiger charge is -2.59. The number of hydrogen-bond donors (Lipinski definition) is 4. The fourth-order valence-corrected chi connectivity index (χ4v) is 20.6. The average Bonchev–Trinajstić information content (AvgIpc) is 1.67. The van der Waals surface area contributed by atoms with Gasteiger partial charge in [0.05, 0.1) is 0 Å². The molecule has 4 N–H and O–H groups in total. The van der Waals surface area contributed by atoms with Crippen LogP contribution < -0.4 is 16.5 Å². The monoisotopic (exact) mass is 308 g/mol. The van der Waals surface area contributed by atoms with Crippen molar-refractivity contribution < 1.29 is 0 Å². The molecule has 0 aromatic rings. The van der Waals surface area contributed by atoms with Crippen LogP contribution in [0.15, 0.2) is 0 Å². The number of rotatable bonds is 0. The Morgan fingerprint density at radius 1 is 0.375 bits per heavy atom. The summed E-state index contributed by atoms with van der Waals surface area (Å²) in [7, 11) is -3.78. The summed E-state index contributed by atoms with van der Waals surface area (Å²) in [6, 6.07) is 0. The van der Waals surface area contributed by atoms with Crippen LogP contribution in [0.25, 0.3) is 0 Å². The van der Waals surface area contributed by atoms with E-state index < -0.39 is 41.6 Å². The minimum atomic E-state index is -0.946.